The molecule has 3 aromatic rings. The molecule has 0 aromatic heterocycles. The minimum atomic E-state index is -0.123. The van der Waals surface area contributed by atoms with Gasteiger partial charge < -0.3 is 0 Å². The van der Waals surface area contributed by atoms with Crippen LogP contribution in [0, 0.1) is 13.8 Å². The second-order valence-corrected chi connectivity index (χ2v) is 7.78. The van der Waals surface area contributed by atoms with E-state index in [0.717, 1.165) is 32.4 Å². The zero-order valence-electron chi connectivity index (χ0n) is 15.7. The molecule has 3 aromatic carbocycles. The van der Waals surface area contributed by atoms with E-state index in [4.69, 9.17) is 4.99 Å². The average molecular weight is 431 g/mol. The van der Waals surface area contributed by atoms with E-state index in [1.54, 1.807) is 4.90 Å². The molecule has 0 fully saturated rings. The van der Waals surface area contributed by atoms with Gasteiger partial charge in [-0.05, 0) is 61.4 Å². The molecule has 0 unspecified atom stereocenters. The Kier molecular flexibility index (Phi) is 4.97. The first-order chi connectivity index (χ1) is 13.5. The van der Waals surface area contributed by atoms with E-state index in [9.17, 15) is 4.79 Å². The summed E-state index contributed by atoms with van der Waals surface area (Å²) in [6.45, 7) is 4.06. The number of carbonyl (C=O) groups is 1. The molecule has 28 heavy (non-hydrogen) atoms. The van der Waals surface area contributed by atoms with Crippen molar-refractivity contribution < 1.29 is 4.79 Å². The van der Waals surface area contributed by atoms with E-state index in [-0.39, 0.29) is 5.91 Å². The van der Waals surface area contributed by atoms with Crippen LogP contribution in [0.1, 0.15) is 22.3 Å². The van der Waals surface area contributed by atoms with Crippen molar-refractivity contribution in [1.82, 2.24) is 0 Å². The number of aliphatic imine (C=N–C) groups is 1. The third-order valence-corrected chi connectivity index (χ3v) is 5.04. The SMILES string of the molecule is Cc1cccc(C2=N/C(=C/c3cccc(Br)c3)C(=O)N2c2cccc(C)c2)c1. The van der Waals surface area contributed by atoms with E-state index in [2.05, 4.69) is 22.0 Å². The highest BCUT2D eigenvalue weighted by Crippen LogP contribution is 2.29. The van der Waals surface area contributed by atoms with Crippen molar-refractivity contribution in [2.45, 2.75) is 13.8 Å². The molecule has 0 bridgehead atoms. The first-order valence-corrected chi connectivity index (χ1v) is 9.85. The predicted octanol–water partition coefficient (Wildman–Crippen LogP) is 5.90. The normalized spacial score (nSPS) is 15.2. The molecule has 3 nitrogen and oxygen atoms in total. The van der Waals surface area contributed by atoms with Crippen LogP contribution in [0.25, 0.3) is 6.08 Å². The lowest BCUT2D eigenvalue weighted by atomic mass is 10.1. The van der Waals surface area contributed by atoms with Gasteiger partial charge in [0.1, 0.15) is 11.5 Å². The number of anilines is 1. The average Bonchev–Trinajstić information content (AvgIpc) is 2.98. The summed E-state index contributed by atoms with van der Waals surface area (Å²) >= 11 is 3.48. The smallest absolute Gasteiger partial charge is 0.266 e. The second kappa shape index (κ2) is 7.56. The Morgan fingerprint density at radius 1 is 0.893 bits per heavy atom. The Bertz CT molecular complexity index is 1130. The van der Waals surface area contributed by atoms with Crippen molar-refractivity contribution in [3.8, 4) is 0 Å². The molecule has 0 aliphatic carbocycles. The maximum atomic E-state index is 13.3. The number of nitrogens with zero attached hydrogens (tertiary/aromatic N) is 2. The van der Waals surface area contributed by atoms with Gasteiger partial charge in [0.25, 0.3) is 5.91 Å². The third-order valence-electron chi connectivity index (χ3n) is 4.55. The van der Waals surface area contributed by atoms with E-state index >= 15 is 0 Å². The summed E-state index contributed by atoms with van der Waals surface area (Å²) < 4.78 is 0.964. The van der Waals surface area contributed by atoms with Crippen LogP contribution in [0.2, 0.25) is 0 Å². The monoisotopic (exact) mass is 430 g/mol. The van der Waals surface area contributed by atoms with Crippen molar-refractivity contribution in [1.29, 1.82) is 0 Å². The Labute approximate surface area is 173 Å². The van der Waals surface area contributed by atoms with Crippen molar-refractivity contribution in [2.24, 2.45) is 4.99 Å². The van der Waals surface area contributed by atoms with Crippen molar-refractivity contribution in [3.05, 3.63) is 105 Å². The van der Waals surface area contributed by atoms with Crippen LogP contribution in [0.3, 0.4) is 0 Å². The van der Waals surface area contributed by atoms with Crippen molar-refractivity contribution in [3.63, 3.8) is 0 Å². The Balaban J connectivity index is 1.85. The fourth-order valence-corrected chi connectivity index (χ4v) is 3.67. The standard InChI is InChI=1S/C24H19BrN2O/c1-16-6-3-9-19(12-16)23-26-22(15-18-8-5-10-20(25)14-18)24(28)27(23)21-11-4-7-17(2)13-21/h3-15H,1-2H3/b22-15+. The summed E-state index contributed by atoms with van der Waals surface area (Å²) in [4.78, 5) is 19.7. The molecule has 0 atom stereocenters. The highest BCUT2D eigenvalue weighted by Gasteiger charge is 2.32. The summed E-state index contributed by atoms with van der Waals surface area (Å²) in [7, 11) is 0. The lowest BCUT2D eigenvalue weighted by Gasteiger charge is -2.19. The quantitative estimate of drug-likeness (QED) is 0.476. The summed E-state index contributed by atoms with van der Waals surface area (Å²) in [5.41, 5.74) is 5.32. The van der Waals surface area contributed by atoms with Crippen LogP contribution in [-0.4, -0.2) is 11.7 Å². The third kappa shape index (κ3) is 3.69. The van der Waals surface area contributed by atoms with Gasteiger partial charge in [-0.15, -0.1) is 0 Å². The van der Waals surface area contributed by atoms with Crippen LogP contribution >= 0.6 is 15.9 Å². The molecule has 0 radical (unpaired) electrons. The Morgan fingerprint density at radius 2 is 1.61 bits per heavy atom. The number of hydrogen-bond donors (Lipinski definition) is 0. The minimum Gasteiger partial charge on any atom is -0.266 e. The van der Waals surface area contributed by atoms with Gasteiger partial charge in [-0.2, -0.15) is 0 Å². The number of halogens is 1. The van der Waals surface area contributed by atoms with Gasteiger partial charge in [-0.1, -0.05) is 64.0 Å². The van der Waals surface area contributed by atoms with Crippen molar-refractivity contribution >= 4 is 39.4 Å². The van der Waals surface area contributed by atoms with Gasteiger partial charge in [-0.25, -0.2) is 4.99 Å². The van der Waals surface area contributed by atoms with Gasteiger partial charge in [0, 0.05) is 10.0 Å². The molecular weight excluding hydrogens is 412 g/mol. The predicted molar refractivity (Wildman–Crippen MR) is 119 cm³/mol. The first-order valence-electron chi connectivity index (χ1n) is 9.05. The number of benzene rings is 3. The molecule has 0 saturated heterocycles. The number of amides is 1. The molecule has 0 spiro atoms. The molecule has 4 rings (SSSR count). The van der Waals surface area contributed by atoms with E-state index in [0.29, 0.717) is 11.5 Å². The molecule has 1 aliphatic rings. The molecule has 1 heterocycles. The highest BCUT2D eigenvalue weighted by molar-refractivity contribution is 9.10. The summed E-state index contributed by atoms with van der Waals surface area (Å²) in [5, 5.41) is 0. The number of hydrogen-bond acceptors (Lipinski definition) is 2. The van der Waals surface area contributed by atoms with Crippen LogP contribution in [0.5, 0.6) is 0 Å². The van der Waals surface area contributed by atoms with Gasteiger partial charge in [0.15, 0.2) is 0 Å². The molecule has 0 N–H and O–H groups in total. The fourth-order valence-electron chi connectivity index (χ4n) is 3.26. The van der Waals surface area contributed by atoms with Crippen LogP contribution in [0.4, 0.5) is 5.69 Å². The molecule has 0 saturated carbocycles. The highest BCUT2D eigenvalue weighted by atomic mass is 79.9. The van der Waals surface area contributed by atoms with Crippen LogP contribution < -0.4 is 4.90 Å². The van der Waals surface area contributed by atoms with Crippen LogP contribution in [-0.2, 0) is 4.79 Å². The lowest BCUT2D eigenvalue weighted by Crippen LogP contribution is -2.32. The van der Waals surface area contributed by atoms with Crippen molar-refractivity contribution in [2.75, 3.05) is 4.90 Å². The number of amidine groups is 1. The number of rotatable bonds is 3. The van der Waals surface area contributed by atoms with Crippen LogP contribution in [0.15, 0.2) is 88.0 Å². The molecule has 1 amide bonds. The topological polar surface area (TPSA) is 32.7 Å². The number of aryl methyl sites for hydroxylation is 2. The summed E-state index contributed by atoms with van der Waals surface area (Å²) in [6.07, 6.45) is 1.83. The molecule has 4 heteroatoms. The van der Waals surface area contributed by atoms with Gasteiger partial charge in [0.2, 0.25) is 0 Å². The minimum absolute atomic E-state index is 0.123. The largest absolute Gasteiger partial charge is 0.282 e. The summed E-state index contributed by atoms with van der Waals surface area (Å²) in [6, 6.07) is 23.8. The zero-order chi connectivity index (χ0) is 19.7. The van der Waals surface area contributed by atoms with E-state index < -0.39 is 0 Å². The number of carbonyl (C=O) groups excluding carboxylic acids is 1. The maximum absolute atomic E-state index is 13.3. The van der Waals surface area contributed by atoms with Gasteiger partial charge in [-0.3, -0.25) is 9.69 Å². The first kappa shape index (κ1) is 18.4. The maximum Gasteiger partial charge on any atom is 0.282 e. The van der Waals surface area contributed by atoms with Gasteiger partial charge >= 0.3 is 0 Å². The Morgan fingerprint density at radius 3 is 2.32 bits per heavy atom. The second-order valence-electron chi connectivity index (χ2n) is 6.87. The van der Waals surface area contributed by atoms with E-state index in [1.807, 2.05) is 86.7 Å². The van der Waals surface area contributed by atoms with Gasteiger partial charge in [0.05, 0.1) is 5.69 Å². The Hall–Kier alpha value is -2.98. The lowest BCUT2D eigenvalue weighted by molar-refractivity contribution is -0.113. The zero-order valence-corrected chi connectivity index (χ0v) is 17.3. The molecular formula is C24H19BrN2O. The fraction of sp³-hybridized carbons (Fsp3) is 0.0833. The molecule has 138 valence electrons. The molecule has 1 aliphatic heterocycles. The summed E-state index contributed by atoms with van der Waals surface area (Å²) in [5.74, 6) is 0.530. The van der Waals surface area contributed by atoms with E-state index in [1.165, 1.54) is 0 Å².